The number of aryl methyl sites for hydroxylation is 2. The van der Waals surface area contributed by atoms with Crippen LogP contribution in [0.4, 0.5) is 5.69 Å². The summed E-state index contributed by atoms with van der Waals surface area (Å²) in [6, 6.07) is 8.44. The maximum Gasteiger partial charge on any atom is 0.371 e. The Hall–Kier alpha value is -2.56. The number of rotatable bonds is 3. The minimum atomic E-state index is -1.19. The number of hydrogen-bond acceptors (Lipinski definition) is 3. The molecular formula is C15H13NO4. The lowest BCUT2D eigenvalue weighted by molar-refractivity contribution is 0.0660. The summed E-state index contributed by atoms with van der Waals surface area (Å²) in [6.45, 7) is 0. The van der Waals surface area contributed by atoms with Crippen molar-refractivity contribution in [3.8, 4) is 0 Å². The molecule has 2 aromatic rings. The van der Waals surface area contributed by atoms with Crippen LogP contribution in [0.3, 0.4) is 0 Å². The third-order valence-electron chi connectivity index (χ3n) is 3.40. The van der Waals surface area contributed by atoms with Crippen LogP contribution in [0.15, 0.2) is 34.7 Å². The van der Waals surface area contributed by atoms with Gasteiger partial charge in [-0.05, 0) is 54.7 Å². The third kappa shape index (κ3) is 2.30. The zero-order chi connectivity index (χ0) is 14.1. The Morgan fingerprint density at radius 2 is 1.80 bits per heavy atom. The number of furan rings is 1. The molecule has 1 amide bonds. The van der Waals surface area contributed by atoms with E-state index in [9.17, 15) is 9.59 Å². The molecule has 5 heteroatoms. The number of amides is 1. The highest BCUT2D eigenvalue weighted by atomic mass is 16.4. The Morgan fingerprint density at radius 3 is 2.55 bits per heavy atom. The molecule has 0 spiro atoms. The van der Waals surface area contributed by atoms with E-state index in [2.05, 4.69) is 5.32 Å². The average Bonchev–Trinajstić information content (AvgIpc) is 3.07. The van der Waals surface area contributed by atoms with Gasteiger partial charge in [-0.25, -0.2) is 4.79 Å². The fraction of sp³-hybridized carbons (Fsp3) is 0.200. The van der Waals surface area contributed by atoms with Gasteiger partial charge in [0, 0.05) is 5.69 Å². The second-order valence-corrected chi connectivity index (χ2v) is 4.76. The number of aromatic carboxylic acids is 1. The average molecular weight is 271 g/mol. The minimum absolute atomic E-state index is 0.0112. The molecule has 0 bridgehead atoms. The Labute approximate surface area is 115 Å². The van der Waals surface area contributed by atoms with Crippen molar-refractivity contribution in [1.82, 2.24) is 0 Å². The smallest absolute Gasteiger partial charge is 0.371 e. The summed E-state index contributed by atoms with van der Waals surface area (Å²) >= 11 is 0. The van der Waals surface area contributed by atoms with E-state index in [-0.39, 0.29) is 11.5 Å². The number of carboxylic acid groups (broad SMARTS) is 1. The maximum absolute atomic E-state index is 12.0. The predicted molar refractivity (Wildman–Crippen MR) is 72.1 cm³/mol. The number of carbonyl (C=O) groups excluding carboxylic acids is 1. The molecule has 0 aliphatic heterocycles. The van der Waals surface area contributed by atoms with E-state index in [1.165, 1.54) is 23.3 Å². The van der Waals surface area contributed by atoms with Crippen molar-refractivity contribution in [2.24, 2.45) is 0 Å². The first-order valence-electron chi connectivity index (χ1n) is 6.40. The largest absolute Gasteiger partial charge is 0.475 e. The highest BCUT2D eigenvalue weighted by molar-refractivity contribution is 6.03. The number of carboxylic acids is 1. The second kappa shape index (κ2) is 4.85. The van der Waals surface area contributed by atoms with Crippen LogP contribution < -0.4 is 5.32 Å². The lowest BCUT2D eigenvalue weighted by Gasteiger charge is -2.06. The van der Waals surface area contributed by atoms with Crippen molar-refractivity contribution in [2.45, 2.75) is 19.3 Å². The van der Waals surface area contributed by atoms with Crippen LogP contribution in [0.25, 0.3) is 0 Å². The number of anilines is 1. The van der Waals surface area contributed by atoms with E-state index in [1.807, 2.05) is 18.2 Å². The fourth-order valence-electron chi connectivity index (χ4n) is 2.42. The summed E-state index contributed by atoms with van der Waals surface area (Å²) < 4.78 is 4.96. The highest BCUT2D eigenvalue weighted by Crippen LogP contribution is 2.25. The first kappa shape index (κ1) is 12.5. The molecule has 0 unspecified atom stereocenters. The summed E-state index contributed by atoms with van der Waals surface area (Å²) in [5.74, 6) is -1.90. The molecule has 1 aromatic carbocycles. The van der Waals surface area contributed by atoms with Crippen molar-refractivity contribution in [1.29, 1.82) is 0 Å². The van der Waals surface area contributed by atoms with Gasteiger partial charge in [0.05, 0.1) is 0 Å². The molecule has 0 saturated carbocycles. The Kier molecular flexibility index (Phi) is 3.02. The van der Waals surface area contributed by atoms with Gasteiger partial charge in [-0.1, -0.05) is 6.07 Å². The summed E-state index contributed by atoms with van der Waals surface area (Å²) in [7, 11) is 0. The first-order chi connectivity index (χ1) is 9.63. The molecule has 5 nitrogen and oxygen atoms in total. The molecular weight excluding hydrogens is 258 g/mol. The molecule has 0 saturated heterocycles. The SMILES string of the molecule is O=C(O)c1ccc(C(=O)Nc2ccc3c(c2)CCC3)o1. The molecule has 0 fully saturated rings. The Balaban J connectivity index is 1.76. The van der Waals surface area contributed by atoms with Gasteiger partial charge in [0.1, 0.15) is 0 Å². The van der Waals surface area contributed by atoms with E-state index in [4.69, 9.17) is 9.52 Å². The summed E-state index contributed by atoms with van der Waals surface area (Å²) in [4.78, 5) is 22.7. The number of nitrogens with one attached hydrogen (secondary N) is 1. The molecule has 102 valence electrons. The van der Waals surface area contributed by atoms with Crippen molar-refractivity contribution >= 4 is 17.6 Å². The minimum Gasteiger partial charge on any atom is -0.475 e. The van der Waals surface area contributed by atoms with Crippen molar-refractivity contribution < 1.29 is 19.1 Å². The molecule has 0 radical (unpaired) electrons. The van der Waals surface area contributed by atoms with Gasteiger partial charge < -0.3 is 14.8 Å². The topological polar surface area (TPSA) is 79.5 Å². The van der Waals surface area contributed by atoms with E-state index in [1.54, 1.807) is 0 Å². The Bertz CT molecular complexity index is 687. The van der Waals surface area contributed by atoms with Gasteiger partial charge in [0.15, 0.2) is 5.76 Å². The normalized spacial score (nSPS) is 13.0. The zero-order valence-electron chi connectivity index (χ0n) is 10.7. The fourth-order valence-corrected chi connectivity index (χ4v) is 2.42. The standard InChI is InChI=1S/C15H13NO4/c17-14(12-6-7-13(20-12)15(18)19)16-11-5-4-9-2-1-3-10(9)8-11/h4-8H,1-3H2,(H,16,17)(H,18,19). The van der Waals surface area contributed by atoms with Crippen molar-refractivity contribution in [3.05, 3.63) is 53.0 Å². The number of fused-ring (bicyclic) bond motifs is 1. The molecule has 1 aliphatic rings. The van der Waals surface area contributed by atoms with Gasteiger partial charge in [0.25, 0.3) is 5.91 Å². The monoisotopic (exact) mass is 271 g/mol. The van der Waals surface area contributed by atoms with E-state index < -0.39 is 11.9 Å². The lowest BCUT2D eigenvalue weighted by Crippen LogP contribution is -2.11. The van der Waals surface area contributed by atoms with Crippen LogP contribution in [-0.4, -0.2) is 17.0 Å². The summed E-state index contributed by atoms with van der Waals surface area (Å²) in [5, 5.41) is 11.5. The lowest BCUT2D eigenvalue weighted by atomic mass is 10.1. The van der Waals surface area contributed by atoms with Crippen LogP contribution in [0.2, 0.25) is 0 Å². The van der Waals surface area contributed by atoms with Crippen molar-refractivity contribution in [3.63, 3.8) is 0 Å². The molecule has 3 rings (SSSR count). The van der Waals surface area contributed by atoms with E-state index in [0.717, 1.165) is 19.3 Å². The van der Waals surface area contributed by atoms with E-state index >= 15 is 0 Å². The first-order valence-corrected chi connectivity index (χ1v) is 6.40. The van der Waals surface area contributed by atoms with Crippen LogP contribution in [0.5, 0.6) is 0 Å². The van der Waals surface area contributed by atoms with Crippen LogP contribution >= 0.6 is 0 Å². The van der Waals surface area contributed by atoms with Crippen LogP contribution in [0.1, 0.15) is 38.7 Å². The summed E-state index contributed by atoms with van der Waals surface area (Å²) in [6.07, 6.45) is 3.26. The number of carbonyl (C=O) groups is 2. The quantitative estimate of drug-likeness (QED) is 0.899. The van der Waals surface area contributed by atoms with Gasteiger partial charge >= 0.3 is 5.97 Å². The van der Waals surface area contributed by atoms with E-state index in [0.29, 0.717) is 5.69 Å². The molecule has 2 N–H and O–H groups in total. The summed E-state index contributed by atoms with van der Waals surface area (Å²) in [5.41, 5.74) is 3.28. The van der Waals surface area contributed by atoms with Crippen LogP contribution in [0, 0.1) is 0 Å². The molecule has 0 atom stereocenters. The zero-order valence-corrected chi connectivity index (χ0v) is 10.7. The van der Waals surface area contributed by atoms with Gasteiger partial charge in [-0.3, -0.25) is 4.79 Å². The molecule has 1 heterocycles. The Morgan fingerprint density at radius 1 is 1.05 bits per heavy atom. The van der Waals surface area contributed by atoms with Gasteiger partial charge in [0.2, 0.25) is 5.76 Å². The van der Waals surface area contributed by atoms with Crippen LogP contribution in [-0.2, 0) is 12.8 Å². The van der Waals surface area contributed by atoms with Crippen molar-refractivity contribution in [2.75, 3.05) is 5.32 Å². The maximum atomic E-state index is 12.0. The highest BCUT2D eigenvalue weighted by Gasteiger charge is 2.16. The molecule has 1 aromatic heterocycles. The number of hydrogen-bond donors (Lipinski definition) is 2. The second-order valence-electron chi connectivity index (χ2n) is 4.76. The third-order valence-corrected chi connectivity index (χ3v) is 3.40. The van der Waals surface area contributed by atoms with Gasteiger partial charge in [-0.2, -0.15) is 0 Å². The predicted octanol–water partition coefficient (Wildman–Crippen LogP) is 2.72. The van der Waals surface area contributed by atoms with Gasteiger partial charge in [-0.15, -0.1) is 0 Å². The molecule has 20 heavy (non-hydrogen) atoms. The molecule has 1 aliphatic carbocycles. The number of benzene rings is 1.